The normalized spacial score (nSPS) is 19.6. The Labute approximate surface area is 132 Å². The summed E-state index contributed by atoms with van der Waals surface area (Å²) in [4.78, 5) is 0.152. The smallest absolute Gasteiger partial charge is 0.244 e. The highest BCUT2D eigenvalue weighted by atomic mass is 35.5. The van der Waals surface area contributed by atoms with E-state index in [2.05, 4.69) is 13.8 Å². The van der Waals surface area contributed by atoms with Crippen molar-refractivity contribution < 1.29 is 8.42 Å². The largest absolute Gasteiger partial charge is 0.399 e. The van der Waals surface area contributed by atoms with Gasteiger partial charge in [0.25, 0.3) is 0 Å². The zero-order valence-electron chi connectivity index (χ0n) is 12.6. The second kappa shape index (κ2) is 6.15. The van der Waals surface area contributed by atoms with Gasteiger partial charge in [0.15, 0.2) is 0 Å². The highest BCUT2D eigenvalue weighted by molar-refractivity contribution is 7.89. The number of sulfonamides is 1. The van der Waals surface area contributed by atoms with Gasteiger partial charge in [0, 0.05) is 18.8 Å². The number of anilines is 1. The number of piperidine rings is 1. The summed E-state index contributed by atoms with van der Waals surface area (Å²) in [6.45, 7) is 5.49. The number of rotatable bonds is 4. The van der Waals surface area contributed by atoms with Crippen LogP contribution in [0.25, 0.3) is 0 Å². The van der Waals surface area contributed by atoms with Gasteiger partial charge in [-0.1, -0.05) is 38.3 Å². The van der Waals surface area contributed by atoms with Crippen LogP contribution in [0.3, 0.4) is 0 Å². The molecule has 0 radical (unpaired) electrons. The van der Waals surface area contributed by atoms with Gasteiger partial charge in [0.2, 0.25) is 10.0 Å². The Bertz CT molecular complexity index is 602. The second-order valence-corrected chi connectivity index (χ2v) is 8.11. The quantitative estimate of drug-likeness (QED) is 0.859. The Balaban J connectivity index is 2.22. The van der Waals surface area contributed by atoms with Crippen LogP contribution in [0, 0.1) is 5.41 Å². The summed E-state index contributed by atoms with van der Waals surface area (Å²) in [5.74, 6) is 0. The Hall–Kier alpha value is -0.780. The molecule has 1 aliphatic heterocycles. The standard InChI is InChI=1S/C15H23ClN2O2S/c1-3-15(4-2)7-9-18(10-8-15)21(19,20)14-6-5-12(17)11-13(14)16/h5-6,11H,3-4,7-10,17H2,1-2H3. The molecule has 1 aromatic carbocycles. The maximum absolute atomic E-state index is 12.7. The van der Waals surface area contributed by atoms with Gasteiger partial charge < -0.3 is 5.73 Å². The first-order valence-electron chi connectivity index (χ1n) is 7.40. The topological polar surface area (TPSA) is 63.4 Å². The van der Waals surface area contributed by atoms with Crippen molar-refractivity contribution in [3.8, 4) is 0 Å². The number of nitrogens with zero attached hydrogens (tertiary/aromatic N) is 1. The summed E-state index contributed by atoms with van der Waals surface area (Å²) in [7, 11) is -3.53. The maximum atomic E-state index is 12.7. The molecule has 0 aromatic heterocycles. The van der Waals surface area contributed by atoms with E-state index in [0.717, 1.165) is 25.7 Å². The molecule has 0 atom stereocenters. The molecule has 1 heterocycles. The van der Waals surface area contributed by atoms with Gasteiger partial charge in [0.05, 0.1) is 5.02 Å². The van der Waals surface area contributed by atoms with E-state index in [1.807, 2.05) is 0 Å². The molecule has 6 heteroatoms. The summed E-state index contributed by atoms with van der Waals surface area (Å²) in [5.41, 5.74) is 6.38. The minimum Gasteiger partial charge on any atom is -0.399 e. The molecule has 0 aliphatic carbocycles. The average Bonchev–Trinajstić information content (AvgIpc) is 2.47. The van der Waals surface area contributed by atoms with Gasteiger partial charge in [-0.15, -0.1) is 0 Å². The van der Waals surface area contributed by atoms with E-state index in [1.165, 1.54) is 12.1 Å². The molecule has 0 spiro atoms. The molecular weight excluding hydrogens is 308 g/mol. The van der Waals surface area contributed by atoms with Crippen molar-refractivity contribution >= 4 is 27.3 Å². The lowest BCUT2D eigenvalue weighted by atomic mass is 9.75. The number of hydrogen-bond donors (Lipinski definition) is 1. The Kier molecular flexibility index (Phi) is 4.85. The van der Waals surface area contributed by atoms with Gasteiger partial charge >= 0.3 is 0 Å². The van der Waals surface area contributed by atoms with Crippen LogP contribution in [0.1, 0.15) is 39.5 Å². The van der Waals surface area contributed by atoms with Crippen molar-refractivity contribution in [1.29, 1.82) is 0 Å². The molecule has 118 valence electrons. The van der Waals surface area contributed by atoms with E-state index in [9.17, 15) is 8.42 Å². The monoisotopic (exact) mass is 330 g/mol. The molecular formula is C15H23ClN2O2S. The third-order valence-electron chi connectivity index (χ3n) is 4.86. The second-order valence-electron chi connectivity index (χ2n) is 5.80. The predicted octanol–water partition coefficient (Wildman–Crippen LogP) is 3.51. The lowest BCUT2D eigenvalue weighted by Crippen LogP contribution is -2.42. The average molecular weight is 331 g/mol. The van der Waals surface area contributed by atoms with Gasteiger partial charge in [-0.05, 0) is 36.5 Å². The SMILES string of the molecule is CCC1(CC)CCN(S(=O)(=O)c2ccc(N)cc2Cl)CC1. The summed E-state index contributed by atoms with van der Waals surface area (Å²) >= 11 is 6.06. The van der Waals surface area contributed by atoms with Crippen LogP contribution in [0.15, 0.2) is 23.1 Å². The first kappa shape index (κ1) is 16.6. The Morgan fingerprint density at radius 3 is 2.29 bits per heavy atom. The van der Waals surface area contributed by atoms with Gasteiger partial charge in [-0.25, -0.2) is 8.42 Å². The zero-order chi connectivity index (χ0) is 15.7. The highest BCUT2D eigenvalue weighted by Crippen LogP contribution is 2.39. The fourth-order valence-corrected chi connectivity index (χ4v) is 4.99. The van der Waals surface area contributed by atoms with E-state index in [1.54, 1.807) is 10.4 Å². The molecule has 0 bridgehead atoms. The van der Waals surface area contributed by atoms with Crippen molar-refractivity contribution in [2.75, 3.05) is 18.8 Å². The molecule has 1 saturated heterocycles. The molecule has 4 nitrogen and oxygen atoms in total. The zero-order valence-corrected chi connectivity index (χ0v) is 14.2. The van der Waals surface area contributed by atoms with Crippen LogP contribution in [0.5, 0.6) is 0 Å². The predicted molar refractivity (Wildman–Crippen MR) is 86.9 cm³/mol. The molecule has 1 fully saturated rings. The van der Waals surface area contributed by atoms with Crippen molar-refractivity contribution in [1.82, 2.24) is 4.31 Å². The van der Waals surface area contributed by atoms with E-state index in [4.69, 9.17) is 17.3 Å². The van der Waals surface area contributed by atoms with Crippen molar-refractivity contribution in [3.63, 3.8) is 0 Å². The van der Waals surface area contributed by atoms with E-state index in [-0.39, 0.29) is 15.3 Å². The molecule has 2 N–H and O–H groups in total. The highest BCUT2D eigenvalue weighted by Gasteiger charge is 2.36. The molecule has 0 unspecified atom stereocenters. The molecule has 1 aromatic rings. The van der Waals surface area contributed by atoms with Gasteiger partial charge in [0.1, 0.15) is 4.90 Å². The number of hydrogen-bond acceptors (Lipinski definition) is 3. The van der Waals surface area contributed by atoms with Gasteiger partial charge in [-0.3, -0.25) is 0 Å². The van der Waals surface area contributed by atoms with Crippen molar-refractivity contribution in [2.24, 2.45) is 5.41 Å². The van der Waals surface area contributed by atoms with E-state index in [0.29, 0.717) is 18.8 Å². The molecule has 2 rings (SSSR count). The van der Waals surface area contributed by atoms with Gasteiger partial charge in [-0.2, -0.15) is 4.31 Å². The number of halogens is 1. The molecule has 1 aliphatic rings. The first-order chi connectivity index (χ1) is 9.84. The molecule has 0 amide bonds. The number of nitrogen functional groups attached to an aromatic ring is 1. The Morgan fingerprint density at radius 1 is 1.24 bits per heavy atom. The lowest BCUT2D eigenvalue weighted by molar-refractivity contribution is 0.141. The summed E-state index contributed by atoms with van der Waals surface area (Å²) < 4.78 is 27.0. The third-order valence-corrected chi connectivity index (χ3v) is 7.24. The van der Waals surface area contributed by atoms with E-state index < -0.39 is 10.0 Å². The molecule has 0 saturated carbocycles. The summed E-state index contributed by atoms with van der Waals surface area (Å²) in [6, 6.07) is 4.56. The summed E-state index contributed by atoms with van der Waals surface area (Å²) in [5, 5.41) is 0.192. The van der Waals surface area contributed by atoms with Crippen LogP contribution < -0.4 is 5.73 Å². The van der Waals surface area contributed by atoms with Crippen LogP contribution in [-0.4, -0.2) is 25.8 Å². The van der Waals surface area contributed by atoms with Crippen LogP contribution in [-0.2, 0) is 10.0 Å². The third kappa shape index (κ3) is 3.20. The fraction of sp³-hybridized carbons (Fsp3) is 0.600. The Morgan fingerprint density at radius 2 is 1.81 bits per heavy atom. The van der Waals surface area contributed by atoms with Crippen LogP contribution >= 0.6 is 11.6 Å². The minimum absolute atomic E-state index is 0.152. The summed E-state index contributed by atoms with van der Waals surface area (Å²) in [6.07, 6.45) is 4.01. The van der Waals surface area contributed by atoms with Crippen LogP contribution in [0.4, 0.5) is 5.69 Å². The van der Waals surface area contributed by atoms with E-state index >= 15 is 0 Å². The van der Waals surface area contributed by atoms with Crippen molar-refractivity contribution in [3.05, 3.63) is 23.2 Å². The maximum Gasteiger partial charge on any atom is 0.244 e. The van der Waals surface area contributed by atoms with Crippen molar-refractivity contribution in [2.45, 2.75) is 44.4 Å². The minimum atomic E-state index is -3.53. The fourth-order valence-electron chi connectivity index (χ4n) is 3.02. The molecule has 21 heavy (non-hydrogen) atoms. The number of benzene rings is 1. The first-order valence-corrected chi connectivity index (χ1v) is 9.21. The van der Waals surface area contributed by atoms with Crippen LogP contribution in [0.2, 0.25) is 5.02 Å². The lowest BCUT2D eigenvalue weighted by Gasteiger charge is -2.40. The number of nitrogens with two attached hydrogens (primary N) is 1.